The molecule has 298 valence electrons. The fourth-order valence-electron chi connectivity index (χ4n) is 8.42. The van der Waals surface area contributed by atoms with E-state index >= 15 is 0 Å². The van der Waals surface area contributed by atoms with Gasteiger partial charge in [-0.25, -0.2) is 14.6 Å². The highest BCUT2D eigenvalue weighted by Gasteiger charge is 2.26. The van der Waals surface area contributed by atoms with Crippen molar-refractivity contribution in [3.63, 3.8) is 0 Å². The summed E-state index contributed by atoms with van der Waals surface area (Å²) in [5.74, 6) is 0. The van der Waals surface area contributed by atoms with Crippen LogP contribution >= 0.6 is 0 Å². The third kappa shape index (κ3) is 7.03. The van der Waals surface area contributed by atoms with Crippen LogP contribution in [0.3, 0.4) is 0 Å². The molecule has 0 amide bonds. The van der Waals surface area contributed by atoms with Crippen molar-refractivity contribution in [2.75, 3.05) is 9.80 Å². The van der Waals surface area contributed by atoms with E-state index in [4.69, 9.17) is 14.6 Å². The first-order valence-corrected chi connectivity index (χ1v) is 20.9. The van der Waals surface area contributed by atoms with Crippen LogP contribution in [0.5, 0.6) is 0 Å². The molecule has 0 N–H and O–H groups in total. The molecule has 7 heteroatoms. The maximum Gasteiger partial charge on any atom is 0.146 e. The summed E-state index contributed by atoms with van der Waals surface area (Å²) >= 11 is 0. The van der Waals surface area contributed by atoms with Gasteiger partial charge in [0.05, 0.1) is 11.4 Å². The Hall–Kier alpha value is -8.68. The maximum atomic E-state index is 5.67. The largest absolute Gasteiger partial charge is 0.311 e. The molecule has 0 aliphatic rings. The molecule has 0 aliphatic carbocycles. The summed E-state index contributed by atoms with van der Waals surface area (Å²) in [6.45, 7) is 0. The normalized spacial score (nSPS) is 11.2. The van der Waals surface area contributed by atoms with Gasteiger partial charge in [0.25, 0.3) is 0 Å². The monoisotopic (exact) mass is 810 g/mol. The molecule has 0 spiro atoms. The molecule has 0 atom stereocenters. The third-order valence-corrected chi connectivity index (χ3v) is 11.3. The second-order valence-electron chi connectivity index (χ2n) is 15.2. The lowest BCUT2D eigenvalue weighted by molar-refractivity contribution is 0.315. The van der Waals surface area contributed by atoms with Crippen LogP contribution in [0.15, 0.2) is 235 Å². The molecule has 2 heterocycles. The van der Waals surface area contributed by atoms with Gasteiger partial charge in [-0.05, 0) is 94.2 Å². The third-order valence-electron chi connectivity index (χ3n) is 11.3. The second kappa shape index (κ2) is 16.4. The predicted molar refractivity (Wildman–Crippen MR) is 256 cm³/mol. The lowest BCUT2D eigenvalue weighted by Gasteiger charge is -2.26. The zero-order valence-corrected chi connectivity index (χ0v) is 34.0. The van der Waals surface area contributed by atoms with E-state index in [1.807, 2.05) is 60.7 Å². The van der Waals surface area contributed by atoms with Crippen molar-refractivity contribution in [3.05, 3.63) is 231 Å². The summed E-state index contributed by atoms with van der Waals surface area (Å²) in [6, 6.07) is 79.2. The van der Waals surface area contributed by atoms with Crippen molar-refractivity contribution in [1.29, 1.82) is 0 Å². The van der Waals surface area contributed by atoms with Gasteiger partial charge in [0.2, 0.25) is 0 Å². The van der Waals surface area contributed by atoms with E-state index in [1.54, 1.807) is 0 Å². The lowest BCUT2D eigenvalue weighted by Crippen LogP contribution is -2.09. The highest BCUT2D eigenvalue weighted by Crippen LogP contribution is 2.45. The number of fused-ring (bicyclic) bond motifs is 2. The quantitative estimate of drug-likeness (QED) is 0.136. The summed E-state index contributed by atoms with van der Waals surface area (Å²) in [5.41, 5.74) is 15.7. The van der Waals surface area contributed by atoms with Crippen LogP contribution in [-0.2, 0) is 0 Å². The van der Waals surface area contributed by atoms with Gasteiger partial charge >= 0.3 is 0 Å². The Labute approximate surface area is 364 Å². The summed E-state index contributed by atoms with van der Waals surface area (Å²) in [5, 5.41) is 9.24. The molecule has 0 bridgehead atoms. The first-order valence-electron chi connectivity index (χ1n) is 20.9. The molecule has 0 unspecified atom stereocenters. The van der Waals surface area contributed by atoms with Crippen LogP contribution in [0.4, 0.5) is 34.1 Å². The molecule has 2 aromatic heterocycles. The average molecular weight is 811 g/mol. The van der Waals surface area contributed by atoms with Crippen LogP contribution in [0.1, 0.15) is 0 Å². The zero-order chi connectivity index (χ0) is 42.0. The van der Waals surface area contributed by atoms with E-state index in [9.17, 15) is 0 Å². The number of anilines is 6. The highest BCUT2D eigenvalue weighted by molar-refractivity contribution is 6.17. The molecule has 11 aromatic rings. The molecule has 63 heavy (non-hydrogen) atoms. The molecule has 7 nitrogen and oxygen atoms in total. The number of aromatic nitrogens is 4. The van der Waals surface area contributed by atoms with Gasteiger partial charge in [-0.1, -0.05) is 158 Å². The van der Waals surface area contributed by atoms with E-state index in [-0.39, 0.29) is 0 Å². The minimum atomic E-state index is 0.605. The van der Waals surface area contributed by atoms with Crippen molar-refractivity contribution in [2.45, 2.75) is 0 Å². The Morgan fingerprint density at radius 2 is 0.524 bits per heavy atom. The Morgan fingerprint density at radius 3 is 0.825 bits per heavy atom. The zero-order valence-electron chi connectivity index (χ0n) is 34.0. The van der Waals surface area contributed by atoms with Gasteiger partial charge in [0, 0.05) is 56.4 Å². The van der Waals surface area contributed by atoms with Crippen LogP contribution in [0.25, 0.3) is 66.8 Å². The number of nitrogens with zero attached hydrogens (tertiary/aromatic N) is 6. The van der Waals surface area contributed by atoms with E-state index in [1.165, 1.54) is 0 Å². The number of benzene rings is 9. The minimum Gasteiger partial charge on any atom is -0.311 e. The SMILES string of the molecule is c1ccc(-c2nc3c(-c4ccc(N(c5ccccc5)c5ccccc5)cc4)c4nonc4c(-c4ccc(N(c5ccccc5)c5ccccc5)cc4)c3nc2-c2ccccc2)cc1. The van der Waals surface area contributed by atoms with Gasteiger partial charge in [0.15, 0.2) is 0 Å². The summed E-state index contributed by atoms with van der Waals surface area (Å²) < 4.78 is 5.67. The van der Waals surface area contributed by atoms with Crippen molar-refractivity contribution in [1.82, 2.24) is 20.3 Å². The minimum absolute atomic E-state index is 0.605. The molecule has 9 aromatic carbocycles. The highest BCUT2D eigenvalue weighted by atomic mass is 16.6. The molecule has 0 aliphatic heterocycles. The Kier molecular flexibility index (Phi) is 9.72. The van der Waals surface area contributed by atoms with Crippen LogP contribution in [0.2, 0.25) is 0 Å². The van der Waals surface area contributed by atoms with Gasteiger partial charge in [-0.3, -0.25) is 0 Å². The van der Waals surface area contributed by atoms with E-state index in [2.05, 4.69) is 190 Å². The molecular formula is C56H38N6O. The van der Waals surface area contributed by atoms with Crippen LogP contribution in [0, 0.1) is 0 Å². The molecule has 0 saturated carbocycles. The molecular weight excluding hydrogens is 773 g/mol. The van der Waals surface area contributed by atoms with Crippen molar-refractivity contribution in [2.24, 2.45) is 0 Å². The van der Waals surface area contributed by atoms with Crippen molar-refractivity contribution >= 4 is 56.2 Å². The number of rotatable bonds is 10. The summed E-state index contributed by atoms with van der Waals surface area (Å²) in [7, 11) is 0. The van der Waals surface area contributed by atoms with Gasteiger partial charge < -0.3 is 9.80 Å². The van der Waals surface area contributed by atoms with Crippen LogP contribution in [-0.4, -0.2) is 20.3 Å². The molecule has 0 saturated heterocycles. The van der Waals surface area contributed by atoms with Gasteiger partial charge in [0.1, 0.15) is 22.1 Å². The number of para-hydroxylation sites is 4. The molecule has 0 radical (unpaired) electrons. The maximum absolute atomic E-state index is 5.67. The Balaban J connectivity index is 1.14. The summed E-state index contributed by atoms with van der Waals surface area (Å²) in [4.78, 5) is 15.7. The van der Waals surface area contributed by atoms with E-state index in [0.717, 1.165) is 78.9 Å². The topological polar surface area (TPSA) is 71.2 Å². The predicted octanol–water partition coefficient (Wildman–Crippen LogP) is 14.8. The molecule has 11 rings (SSSR count). The summed E-state index contributed by atoms with van der Waals surface area (Å²) in [6.07, 6.45) is 0. The fourth-order valence-corrected chi connectivity index (χ4v) is 8.42. The van der Waals surface area contributed by atoms with E-state index in [0.29, 0.717) is 22.1 Å². The Bertz CT molecular complexity index is 2990. The lowest BCUT2D eigenvalue weighted by atomic mass is 9.93. The second-order valence-corrected chi connectivity index (χ2v) is 15.2. The standard InChI is InChI=1S/C56H38N6O/c1-7-19-41(20-8-1)51-52(42-21-9-2-10-22-42)58-54-50(40-33-37-48(38-34-40)62(45-27-15-5-16-28-45)46-29-17-6-18-30-46)56-55(59-63-60-56)49(53(54)57-51)39-31-35-47(36-32-39)61(43-23-11-3-12-24-43)44-25-13-4-14-26-44/h1-38H. The smallest absolute Gasteiger partial charge is 0.146 e. The molecule has 0 fully saturated rings. The van der Waals surface area contributed by atoms with Crippen LogP contribution < -0.4 is 9.80 Å². The van der Waals surface area contributed by atoms with Crippen molar-refractivity contribution < 1.29 is 4.63 Å². The van der Waals surface area contributed by atoms with Gasteiger partial charge in [-0.2, -0.15) is 0 Å². The Morgan fingerprint density at radius 1 is 0.254 bits per heavy atom. The fraction of sp³-hybridized carbons (Fsp3) is 0. The number of hydrogen-bond acceptors (Lipinski definition) is 7. The first-order chi connectivity index (χ1) is 31.3. The number of hydrogen-bond donors (Lipinski definition) is 0. The van der Waals surface area contributed by atoms with Gasteiger partial charge in [-0.15, -0.1) is 0 Å². The van der Waals surface area contributed by atoms with Crippen molar-refractivity contribution in [3.8, 4) is 44.8 Å². The van der Waals surface area contributed by atoms with E-state index < -0.39 is 0 Å². The average Bonchev–Trinajstić information content (AvgIpc) is 3.85. The first kappa shape index (κ1) is 37.3.